The molecule has 0 atom stereocenters. The number of hydrogen-bond donors (Lipinski definition) is 2. The Kier molecular flexibility index (Phi) is 6.72. The Morgan fingerprint density at radius 3 is 2.48 bits per heavy atom. The summed E-state index contributed by atoms with van der Waals surface area (Å²) in [5, 5.41) is 0. The molecule has 0 aliphatic heterocycles. The maximum Gasteiger partial charge on any atom is 0.165 e. The van der Waals surface area contributed by atoms with E-state index in [-0.39, 0.29) is 0 Å². The van der Waals surface area contributed by atoms with Crippen LogP contribution >= 0.6 is 0 Å². The van der Waals surface area contributed by atoms with Crippen molar-refractivity contribution in [3.8, 4) is 11.5 Å². The third-order valence-corrected chi connectivity index (χ3v) is 3.35. The molecule has 23 heavy (non-hydrogen) atoms. The van der Waals surface area contributed by atoms with E-state index in [0.29, 0.717) is 13.2 Å². The van der Waals surface area contributed by atoms with Crippen LogP contribution in [-0.2, 0) is 6.54 Å². The Morgan fingerprint density at radius 2 is 1.78 bits per heavy atom. The van der Waals surface area contributed by atoms with Crippen molar-refractivity contribution in [1.29, 1.82) is 0 Å². The molecule has 0 radical (unpaired) electrons. The van der Waals surface area contributed by atoms with E-state index >= 15 is 0 Å². The van der Waals surface area contributed by atoms with E-state index in [9.17, 15) is 0 Å². The minimum absolute atomic E-state index is 0.618. The number of rotatable bonds is 9. The lowest BCUT2D eigenvalue weighted by atomic mass is 10.2. The van der Waals surface area contributed by atoms with Gasteiger partial charge in [-0.1, -0.05) is 30.3 Å². The van der Waals surface area contributed by atoms with Gasteiger partial charge in [-0.25, -0.2) is 5.43 Å². The van der Waals surface area contributed by atoms with Gasteiger partial charge < -0.3 is 19.8 Å². The van der Waals surface area contributed by atoms with Gasteiger partial charge in [0.25, 0.3) is 0 Å². The molecule has 0 amide bonds. The van der Waals surface area contributed by atoms with E-state index in [1.165, 1.54) is 0 Å². The molecule has 124 valence electrons. The Labute approximate surface area is 138 Å². The number of likely N-dealkylation sites (N-methyl/N-ethyl adjacent to an activating group) is 1. The molecule has 2 N–H and O–H groups in total. The third-order valence-electron chi connectivity index (χ3n) is 3.35. The first kappa shape index (κ1) is 17.1. The smallest absolute Gasteiger partial charge is 0.165 e. The van der Waals surface area contributed by atoms with Crippen LogP contribution in [0.15, 0.2) is 48.5 Å². The summed E-state index contributed by atoms with van der Waals surface area (Å²) in [4.78, 5) is 2.09. The Bertz CT molecular complexity index is 588. The second kappa shape index (κ2) is 9.02. The Balaban J connectivity index is 1.99. The third kappa shape index (κ3) is 5.47. The van der Waals surface area contributed by atoms with Gasteiger partial charge in [-0.05, 0) is 32.3 Å². The summed E-state index contributed by atoms with van der Waals surface area (Å²) in [6, 6.07) is 15.9. The Hall–Kier alpha value is -2.24. The van der Waals surface area contributed by atoms with E-state index in [1.807, 2.05) is 62.6 Å². The van der Waals surface area contributed by atoms with E-state index < -0.39 is 0 Å². The molecular weight excluding hydrogens is 290 g/mol. The highest BCUT2D eigenvalue weighted by molar-refractivity contribution is 5.47. The normalized spacial score (nSPS) is 10.6. The van der Waals surface area contributed by atoms with E-state index in [2.05, 4.69) is 15.8 Å². The van der Waals surface area contributed by atoms with E-state index in [0.717, 1.165) is 29.3 Å². The molecule has 2 aromatic carbocycles. The summed E-state index contributed by atoms with van der Waals surface area (Å²) in [5.41, 5.74) is 8.46. The summed E-state index contributed by atoms with van der Waals surface area (Å²) in [6.45, 7) is 2.10. The van der Waals surface area contributed by atoms with Crippen LogP contribution in [0.25, 0.3) is 0 Å². The van der Waals surface area contributed by atoms with Crippen molar-refractivity contribution < 1.29 is 9.47 Å². The predicted molar refractivity (Wildman–Crippen MR) is 93.9 cm³/mol. The molecule has 0 aromatic heterocycles. The molecule has 0 saturated heterocycles. The highest BCUT2D eigenvalue weighted by Gasteiger charge is 2.10. The molecule has 0 aliphatic carbocycles. The average Bonchev–Trinajstić information content (AvgIpc) is 2.56. The number of anilines is 1. The van der Waals surface area contributed by atoms with Crippen LogP contribution in [0, 0.1) is 0 Å². The average molecular weight is 315 g/mol. The molecule has 0 saturated carbocycles. The predicted octanol–water partition coefficient (Wildman–Crippen LogP) is 2.75. The van der Waals surface area contributed by atoms with Crippen molar-refractivity contribution in [3.05, 3.63) is 54.1 Å². The highest BCUT2D eigenvalue weighted by atomic mass is 16.5. The van der Waals surface area contributed by atoms with Gasteiger partial charge in [0.1, 0.15) is 6.61 Å². The number of methoxy groups -OCH3 is 1. The number of benzene rings is 2. The quantitative estimate of drug-likeness (QED) is 0.697. The summed E-state index contributed by atoms with van der Waals surface area (Å²) < 4.78 is 11.4. The van der Waals surface area contributed by atoms with E-state index in [1.54, 1.807) is 7.11 Å². The lowest BCUT2D eigenvalue weighted by Gasteiger charge is -2.17. The zero-order valence-corrected chi connectivity index (χ0v) is 14.0. The van der Waals surface area contributed by atoms with Gasteiger partial charge in [-0.2, -0.15) is 0 Å². The fourth-order valence-corrected chi connectivity index (χ4v) is 2.12. The minimum Gasteiger partial charge on any atom is -0.493 e. The summed E-state index contributed by atoms with van der Waals surface area (Å²) in [5.74, 6) is 1.54. The molecular formula is C18H25N3O2. The lowest BCUT2D eigenvalue weighted by molar-refractivity contribution is 0.248. The molecule has 0 heterocycles. The minimum atomic E-state index is 0.618. The number of para-hydroxylation sites is 2. The lowest BCUT2D eigenvalue weighted by Crippen LogP contribution is -2.22. The molecule has 0 aliphatic rings. The van der Waals surface area contributed by atoms with Gasteiger partial charge in [-0.3, -0.25) is 0 Å². The largest absolute Gasteiger partial charge is 0.493 e. The number of hydrogen-bond acceptors (Lipinski definition) is 5. The van der Waals surface area contributed by atoms with Crippen LogP contribution in [0.1, 0.15) is 5.56 Å². The monoisotopic (exact) mass is 315 g/mol. The fraction of sp³-hybridized carbons (Fsp3) is 0.333. The maximum absolute atomic E-state index is 5.94. The highest BCUT2D eigenvalue weighted by Crippen LogP contribution is 2.31. The van der Waals surface area contributed by atoms with Crippen molar-refractivity contribution in [2.45, 2.75) is 6.54 Å². The van der Waals surface area contributed by atoms with Gasteiger partial charge in [0.15, 0.2) is 11.5 Å². The fourth-order valence-electron chi connectivity index (χ4n) is 2.12. The van der Waals surface area contributed by atoms with Crippen LogP contribution < -0.4 is 20.3 Å². The van der Waals surface area contributed by atoms with Crippen LogP contribution in [0.5, 0.6) is 11.5 Å². The Morgan fingerprint density at radius 1 is 1.00 bits per heavy atom. The van der Waals surface area contributed by atoms with Gasteiger partial charge >= 0.3 is 0 Å². The number of hydrazine groups is 1. The first-order chi connectivity index (χ1) is 11.2. The van der Waals surface area contributed by atoms with Crippen molar-refractivity contribution in [1.82, 2.24) is 10.3 Å². The summed E-state index contributed by atoms with van der Waals surface area (Å²) >= 11 is 0. The standard InChI is InChI=1S/C18H25N3O2/c1-21(2)12-13-23-18-15(8-7-11-17(18)22-3)14-19-20-16-9-5-4-6-10-16/h4-11,19-20H,12-14H2,1-3H3. The molecule has 5 heteroatoms. The van der Waals surface area contributed by atoms with Crippen LogP contribution in [-0.4, -0.2) is 39.3 Å². The first-order valence-corrected chi connectivity index (χ1v) is 7.68. The van der Waals surface area contributed by atoms with Crippen LogP contribution in [0.2, 0.25) is 0 Å². The molecule has 0 spiro atoms. The molecule has 0 bridgehead atoms. The zero-order chi connectivity index (χ0) is 16.5. The molecule has 0 unspecified atom stereocenters. The SMILES string of the molecule is COc1cccc(CNNc2ccccc2)c1OCCN(C)C. The first-order valence-electron chi connectivity index (χ1n) is 7.68. The topological polar surface area (TPSA) is 45.8 Å². The van der Waals surface area contributed by atoms with Crippen LogP contribution in [0.4, 0.5) is 5.69 Å². The van der Waals surface area contributed by atoms with E-state index in [4.69, 9.17) is 9.47 Å². The number of ether oxygens (including phenoxy) is 2. The summed E-state index contributed by atoms with van der Waals surface area (Å²) in [6.07, 6.45) is 0. The molecule has 5 nitrogen and oxygen atoms in total. The van der Waals surface area contributed by atoms with Crippen molar-refractivity contribution >= 4 is 5.69 Å². The second-order valence-corrected chi connectivity index (χ2v) is 5.44. The summed E-state index contributed by atoms with van der Waals surface area (Å²) in [7, 11) is 5.71. The maximum atomic E-state index is 5.94. The van der Waals surface area contributed by atoms with Crippen molar-refractivity contribution in [2.75, 3.05) is 39.8 Å². The molecule has 0 fully saturated rings. The molecule has 2 aromatic rings. The van der Waals surface area contributed by atoms with Crippen LogP contribution in [0.3, 0.4) is 0 Å². The molecule has 2 rings (SSSR count). The number of nitrogens with zero attached hydrogens (tertiary/aromatic N) is 1. The van der Waals surface area contributed by atoms with Gasteiger partial charge in [0, 0.05) is 24.3 Å². The van der Waals surface area contributed by atoms with Gasteiger partial charge in [0.2, 0.25) is 0 Å². The van der Waals surface area contributed by atoms with Gasteiger partial charge in [-0.15, -0.1) is 0 Å². The van der Waals surface area contributed by atoms with Crippen molar-refractivity contribution in [3.63, 3.8) is 0 Å². The van der Waals surface area contributed by atoms with Gasteiger partial charge in [0.05, 0.1) is 7.11 Å². The zero-order valence-electron chi connectivity index (χ0n) is 14.0. The number of nitrogens with one attached hydrogen (secondary N) is 2. The second-order valence-electron chi connectivity index (χ2n) is 5.44. The van der Waals surface area contributed by atoms with Crippen molar-refractivity contribution in [2.24, 2.45) is 0 Å².